The minimum absolute atomic E-state index is 0.119. The second-order valence-electron chi connectivity index (χ2n) is 4.20. The fraction of sp³-hybridized carbons (Fsp3) is 0.385. The highest BCUT2D eigenvalue weighted by Gasteiger charge is 2.06. The van der Waals surface area contributed by atoms with Crippen LogP contribution in [0.4, 0.5) is 8.78 Å². The second kappa shape index (κ2) is 6.95. The van der Waals surface area contributed by atoms with Gasteiger partial charge in [-0.15, -0.1) is 5.10 Å². The molecular formula is C13H16F2N4O. The third-order valence-electron chi connectivity index (χ3n) is 2.60. The Bertz CT molecular complexity index is 527. The first kappa shape index (κ1) is 14.4. The van der Waals surface area contributed by atoms with Gasteiger partial charge in [-0.3, -0.25) is 0 Å². The highest BCUT2D eigenvalue weighted by molar-refractivity contribution is 5.36. The first-order valence-corrected chi connectivity index (χ1v) is 6.36. The van der Waals surface area contributed by atoms with Crippen molar-refractivity contribution >= 4 is 0 Å². The topological polar surface area (TPSA) is 52.0 Å². The van der Waals surface area contributed by atoms with Gasteiger partial charge in [-0.1, -0.05) is 12.1 Å². The van der Waals surface area contributed by atoms with Crippen LogP contribution in [-0.2, 0) is 6.54 Å². The summed E-state index contributed by atoms with van der Waals surface area (Å²) in [7, 11) is 0. The molecule has 0 aliphatic rings. The van der Waals surface area contributed by atoms with E-state index in [0.717, 1.165) is 24.3 Å². The van der Waals surface area contributed by atoms with E-state index in [0.29, 0.717) is 6.54 Å². The molecule has 0 aliphatic carbocycles. The molecule has 2 rings (SSSR count). The van der Waals surface area contributed by atoms with E-state index in [1.165, 1.54) is 12.1 Å². The van der Waals surface area contributed by atoms with Gasteiger partial charge in [0.15, 0.2) is 0 Å². The van der Waals surface area contributed by atoms with Crippen molar-refractivity contribution in [3.63, 3.8) is 0 Å². The summed E-state index contributed by atoms with van der Waals surface area (Å²) < 4.78 is 30.0. The van der Waals surface area contributed by atoms with Gasteiger partial charge in [0.25, 0.3) is 0 Å². The Morgan fingerprint density at radius 1 is 1.30 bits per heavy atom. The van der Waals surface area contributed by atoms with Crippen LogP contribution in [0.3, 0.4) is 0 Å². The molecule has 1 N–H and O–H groups in total. The third kappa shape index (κ3) is 3.99. The lowest BCUT2D eigenvalue weighted by Crippen LogP contribution is -2.13. The van der Waals surface area contributed by atoms with Crippen molar-refractivity contribution in [1.82, 2.24) is 20.3 Å². The zero-order chi connectivity index (χ0) is 14.4. The normalized spacial score (nSPS) is 11.0. The lowest BCUT2D eigenvalue weighted by Gasteiger charge is -2.05. The van der Waals surface area contributed by atoms with Crippen LogP contribution >= 0.6 is 0 Å². The van der Waals surface area contributed by atoms with Crippen LogP contribution in [0.25, 0.3) is 5.69 Å². The molecule has 5 nitrogen and oxygen atoms in total. The lowest BCUT2D eigenvalue weighted by atomic mass is 10.3. The molecule has 0 radical (unpaired) electrons. The van der Waals surface area contributed by atoms with Gasteiger partial charge in [-0.05, 0) is 37.2 Å². The summed E-state index contributed by atoms with van der Waals surface area (Å²) in [5.74, 6) is 0.119. The van der Waals surface area contributed by atoms with Crippen LogP contribution in [-0.4, -0.2) is 28.2 Å². The maximum Gasteiger partial charge on any atom is 0.387 e. The Morgan fingerprint density at radius 3 is 2.70 bits per heavy atom. The molecule has 0 saturated heterocycles. The Hall–Kier alpha value is -2.02. The number of rotatable bonds is 7. The van der Waals surface area contributed by atoms with Crippen molar-refractivity contribution in [3.05, 3.63) is 36.2 Å². The lowest BCUT2D eigenvalue weighted by molar-refractivity contribution is -0.0498. The van der Waals surface area contributed by atoms with E-state index < -0.39 is 6.61 Å². The molecule has 20 heavy (non-hydrogen) atoms. The molecule has 1 aromatic heterocycles. The molecule has 0 unspecified atom stereocenters. The number of halogens is 2. The van der Waals surface area contributed by atoms with Crippen molar-refractivity contribution in [3.8, 4) is 11.4 Å². The fourth-order valence-electron chi connectivity index (χ4n) is 1.68. The van der Waals surface area contributed by atoms with Crippen molar-refractivity contribution in [2.45, 2.75) is 26.5 Å². The number of aromatic nitrogens is 3. The van der Waals surface area contributed by atoms with Crippen LogP contribution < -0.4 is 10.1 Å². The molecule has 7 heteroatoms. The number of nitrogens with one attached hydrogen (secondary N) is 1. The average Bonchev–Trinajstić information content (AvgIpc) is 2.88. The van der Waals surface area contributed by atoms with Crippen molar-refractivity contribution < 1.29 is 13.5 Å². The highest BCUT2D eigenvalue weighted by Crippen LogP contribution is 2.16. The summed E-state index contributed by atoms with van der Waals surface area (Å²) in [6, 6.07) is 6.24. The molecule has 1 aromatic carbocycles. The SMILES string of the molecule is CCCNCc1cn(-c2ccc(OC(F)F)cc2)nn1. The predicted molar refractivity (Wildman–Crippen MR) is 70.0 cm³/mol. The van der Waals surface area contributed by atoms with Crippen LogP contribution in [0, 0.1) is 0 Å². The molecule has 0 spiro atoms. The van der Waals surface area contributed by atoms with E-state index in [1.54, 1.807) is 23.0 Å². The van der Waals surface area contributed by atoms with E-state index in [1.807, 2.05) is 0 Å². The zero-order valence-corrected chi connectivity index (χ0v) is 11.1. The van der Waals surface area contributed by atoms with Crippen molar-refractivity contribution in [1.29, 1.82) is 0 Å². The summed E-state index contributed by atoms with van der Waals surface area (Å²) in [6.45, 7) is 0.850. The van der Waals surface area contributed by atoms with E-state index >= 15 is 0 Å². The van der Waals surface area contributed by atoms with Gasteiger partial charge in [0.05, 0.1) is 17.6 Å². The number of hydrogen-bond acceptors (Lipinski definition) is 4. The quantitative estimate of drug-likeness (QED) is 0.792. The molecule has 108 valence electrons. The van der Waals surface area contributed by atoms with Gasteiger partial charge in [0.1, 0.15) is 5.75 Å². The minimum Gasteiger partial charge on any atom is -0.435 e. The summed E-state index contributed by atoms with van der Waals surface area (Å²) in [6.07, 6.45) is 2.85. The van der Waals surface area contributed by atoms with Crippen LogP contribution in [0.1, 0.15) is 19.0 Å². The Kier molecular flexibility index (Phi) is 5.00. The standard InChI is InChI=1S/C13H16F2N4O/c1-2-7-16-8-10-9-19(18-17-10)11-3-5-12(6-4-11)20-13(14)15/h3-6,9,13,16H,2,7-8H2,1H3. The zero-order valence-electron chi connectivity index (χ0n) is 11.1. The van der Waals surface area contributed by atoms with Crippen LogP contribution in [0.2, 0.25) is 0 Å². The largest absolute Gasteiger partial charge is 0.435 e. The molecular weight excluding hydrogens is 266 g/mol. The van der Waals surface area contributed by atoms with E-state index in [9.17, 15) is 8.78 Å². The average molecular weight is 282 g/mol. The fourth-order valence-corrected chi connectivity index (χ4v) is 1.68. The Labute approximate surface area is 115 Å². The number of alkyl halides is 2. The van der Waals surface area contributed by atoms with Gasteiger partial charge in [-0.2, -0.15) is 8.78 Å². The molecule has 2 aromatic rings. The summed E-state index contributed by atoms with van der Waals surface area (Å²) in [5.41, 5.74) is 1.56. The summed E-state index contributed by atoms with van der Waals surface area (Å²) >= 11 is 0. The third-order valence-corrected chi connectivity index (χ3v) is 2.60. The van der Waals surface area contributed by atoms with Crippen LogP contribution in [0.15, 0.2) is 30.5 Å². The van der Waals surface area contributed by atoms with Crippen LogP contribution in [0.5, 0.6) is 5.75 Å². The van der Waals surface area contributed by atoms with E-state index in [-0.39, 0.29) is 5.75 Å². The minimum atomic E-state index is -2.82. The van der Waals surface area contributed by atoms with Gasteiger partial charge in [0, 0.05) is 6.54 Å². The molecule has 0 amide bonds. The molecule has 0 aliphatic heterocycles. The highest BCUT2D eigenvalue weighted by atomic mass is 19.3. The molecule has 1 heterocycles. The maximum absolute atomic E-state index is 12.0. The van der Waals surface area contributed by atoms with Gasteiger partial charge in [-0.25, -0.2) is 4.68 Å². The van der Waals surface area contributed by atoms with E-state index in [4.69, 9.17) is 0 Å². The number of hydrogen-bond donors (Lipinski definition) is 1. The first-order valence-electron chi connectivity index (χ1n) is 6.36. The number of nitrogens with zero attached hydrogens (tertiary/aromatic N) is 3. The van der Waals surface area contributed by atoms with Gasteiger partial charge >= 0.3 is 6.61 Å². The Balaban J connectivity index is 2.00. The molecule has 0 atom stereocenters. The van der Waals surface area contributed by atoms with Crippen molar-refractivity contribution in [2.24, 2.45) is 0 Å². The van der Waals surface area contributed by atoms with Gasteiger partial charge < -0.3 is 10.1 Å². The number of benzene rings is 1. The Morgan fingerprint density at radius 2 is 2.05 bits per heavy atom. The summed E-state index contributed by atoms with van der Waals surface area (Å²) in [4.78, 5) is 0. The molecule has 0 bridgehead atoms. The second-order valence-corrected chi connectivity index (χ2v) is 4.20. The summed E-state index contributed by atoms with van der Waals surface area (Å²) in [5, 5.41) is 11.3. The van der Waals surface area contributed by atoms with E-state index in [2.05, 4.69) is 27.3 Å². The molecule has 0 saturated carbocycles. The molecule has 0 fully saturated rings. The van der Waals surface area contributed by atoms with Gasteiger partial charge in [0.2, 0.25) is 0 Å². The van der Waals surface area contributed by atoms with Crippen molar-refractivity contribution in [2.75, 3.05) is 6.54 Å². The number of ether oxygens (including phenoxy) is 1. The first-order chi connectivity index (χ1) is 9.69. The smallest absolute Gasteiger partial charge is 0.387 e. The predicted octanol–water partition coefficient (Wildman–Crippen LogP) is 2.37. The monoisotopic (exact) mass is 282 g/mol. The maximum atomic E-state index is 12.0.